The summed E-state index contributed by atoms with van der Waals surface area (Å²) >= 11 is 0. The monoisotopic (exact) mass is 254 g/mol. The van der Waals surface area contributed by atoms with Gasteiger partial charge >= 0.3 is 0 Å². The van der Waals surface area contributed by atoms with E-state index in [1.165, 1.54) is 0 Å². The fraction of sp³-hybridized carbons (Fsp3) is 0.692. The standard InChI is InChI=1S/C13H26N4O/c1-5-9-15-13(14-7-3)16-10-8-12(18)17-11(4)6-2/h5,11H,1,6-10H2,2-4H3,(H,17,18)(H2,14,15,16). The first-order valence-corrected chi connectivity index (χ1v) is 6.56. The van der Waals surface area contributed by atoms with Gasteiger partial charge in [-0.1, -0.05) is 13.0 Å². The number of hydrogen-bond acceptors (Lipinski definition) is 2. The Bertz CT molecular complexity index is 276. The van der Waals surface area contributed by atoms with E-state index in [-0.39, 0.29) is 11.9 Å². The first-order valence-electron chi connectivity index (χ1n) is 6.56. The van der Waals surface area contributed by atoms with Crippen LogP contribution >= 0.6 is 0 Å². The second kappa shape index (κ2) is 10.6. The van der Waals surface area contributed by atoms with Crippen molar-refractivity contribution in [1.82, 2.24) is 16.0 Å². The second-order valence-corrected chi connectivity index (χ2v) is 4.06. The maximum Gasteiger partial charge on any atom is 0.222 e. The molecule has 5 heteroatoms. The molecular formula is C13H26N4O. The van der Waals surface area contributed by atoms with Crippen LogP contribution in [0.4, 0.5) is 0 Å². The molecule has 0 saturated heterocycles. The van der Waals surface area contributed by atoms with Crippen LogP contribution in [0, 0.1) is 0 Å². The molecule has 1 atom stereocenters. The number of aliphatic imine (C=N–C) groups is 1. The number of carbonyl (C=O) groups is 1. The third-order valence-corrected chi connectivity index (χ3v) is 2.39. The Labute approximate surface area is 110 Å². The highest BCUT2D eigenvalue weighted by atomic mass is 16.1. The summed E-state index contributed by atoms with van der Waals surface area (Å²) in [7, 11) is 0. The number of guanidine groups is 1. The number of carbonyl (C=O) groups excluding carboxylic acids is 1. The summed E-state index contributed by atoms with van der Waals surface area (Å²) in [6, 6.07) is 0.230. The third-order valence-electron chi connectivity index (χ3n) is 2.39. The van der Waals surface area contributed by atoms with E-state index < -0.39 is 0 Å². The summed E-state index contributed by atoms with van der Waals surface area (Å²) in [5, 5.41) is 9.10. The molecule has 18 heavy (non-hydrogen) atoms. The zero-order valence-electron chi connectivity index (χ0n) is 11.8. The van der Waals surface area contributed by atoms with Gasteiger partial charge in [0.15, 0.2) is 5.96 Å². The lowest BCUT2D eigenvalue weighted by Gasteiger charge is -2.11. The molecule has 0 aromatic heterocycles. The van der Waals surface area contributed by atoms with Crippen LogP contribution in [-0.4, -0.2) is 37.5 Å². The molecule has 0 aromatic carbocycles. The normalized spacial score (nSPS) is 12.7. The maximum absolute atomic E-state index is 11.5. The minimum Gasteiger partial charge on any atom is -0.357 e. The van der Waals surface area contributed by atoms with Crippen molar-refractivity contribution in [3.63, 3.8) is 0 Å². The summed E-state index contributed by atoms with van der Waals surface area (Å²) < 4.78 is 0. The highest BCUT2D eigenvalue weighted by Crippen LogP contribution is 1.90. The van der Waals surface area contributed by atoms with E-state index in [9.17, 15) is 4.79 Å². The van der Waals surface area contributed by atoms with Crippen molar-refractivity contribution >= 4 is 11.9 Å². The van der Waals surface area contributed by atoms with Gasteiger partial charge in [-0.05, 0) is 20.3 Å². The average molecular weight is 254 g/mol. The molecule has 0 radical (unpaired) electrons. The fourth-order valence-corrected chi connectivity index (χ4v) is 1.23. The quantitative estimate of drug-likeness (QED) is 0.344. The lowest BCUT2D eigenvalue weighted by atomic mass is 10.2. The number of amides is 1. The van der Waals surface area contributed by atoms with Gasteiger partial charge in [-0.25, -0.2) is 0 Å². The summed E-state index contributed by atoms with van der Waals surface area (Å²) in [6.45, 7) is 11.6. The van der Waals surface area contributed by atoms with Gasteiger partial charge in [0, 0.05) is 25.6 Å². The average Bonchev–Trinajstić information content (AvgIpc) is 2.35. The van der Waals surface area contributed by atoms with Crippen molar-refractivity contribution < 1.29 is 4.79 Å². The molecule has 1 unspecified atom stereocenters. The van der Waals surface area contributed by atoms with Crippen molar-refractivity contribution in [1.29, 1.82) is 0 Å². The summed E-state index contributed by atoms with van der Waals surface area (Å²) in [4.78, 5) is 15.8. The summed E-state index contributed by atoms with van der Waals surface area (Å²) in [5.74, 6) is 0.765. The first kappa shape index (κ1) is 16.5. The van der Waals surface area contributed by atoms with Gasteiger partial charge in [0.1, 0.15) is 0 Å². The molecule has 0 aliphatic heterocycles. The van der Waals surface area contributed by atoms with E-state index in [4.69, 9.17) is 0 Å². The zero-order valence-corrected chi connectivity index (χ0v) is 11.8. The highest BCUT2D eigenvalue weighted by Gasteiger charge is 2.04. The molecule has 5 nitrogen and oxygen atoms in total. The van der Waals surface area contributed by atoms with E-state index in [0.29, 0.717) is 25.5 Å². The Morgan fingerprint density at radius 1 is 1.39 bits per heavy atom. The van der Waals surface area contributed by atoms with Crippen LogP contribution < -0.4 is 16.0 Å². The van der Waals surface area contributed by atoms with Gasteiger partial charge in [0.05, 0.1) is 6.54 Å². The Morgan fingerprint density at radius 3 is 2.67 bits per heavy atom. The third kappa shape index (κ3) is 8.61. The Morgan fingerprint density at radius 2 is 2.11 bits per heavy atom. The summed E-state index contributed by atoms with van der Waals surface area (Å²) in [6.07, 6.45) is 3.12. The fourth-order valence-electron chi connectivity index (χ4n) is 1.23. The minimum absolute atomic E-state index is 0.0488. The van der Waals surface area contributed by atoms with Gasteiger partial charge in [-0.3, -0.25) is 9.79 Å². The van der Waals surface area contributed by atoms with Crippen molar-refractivity contribution in [2.24, 2.45) is 4.99 Å². The molecule has 0 rings (SSSR count). The van der Waals surface area contributed by atoms with Crippen LogP contribution in [0.2, 0.25) is 0 Å². The van der Waals surface area contributed by atoms with Crippen LogP contribution in [0.25, 0.3) is 0 Å². The predicted octanol–water partition coefficient (Wildman–Crippen LogP) is 1.03. The SMILES string of the molecule is C=CCNC(=NCCC(=O)NC(C)CC)NCC. The van der Waals surface area contributed by atoms with Crippen LogP contribution in [0.1, 0.15) is 33.6 Å². The minimum atomic E-state index is 0.0488. The van der Waals surface area contributed by atoms with Crippen molar-refractivity contribution in [2.45, 2.75) is 39.7 Å². The first-order chi connectivity index (χ1) is 8.63. The Hall–Kier alpha value is -1.52. The molecule has 3 N–H and O–H groups in total. The number of nitrogens with one attached hydrogen (secondary N) is 3. The molecule has 104 valence electrons. The van der Waals surface area contributed by atoms with Gasteiger partial charge in [-0.15, -0.1) is 6.58 Å². The highest BCUT2D eigenvalue weighted by molar-refractivity contribution is 5.81. The molecule has 0 heterocycles. The van der Waals surface area contributed by atoms with Gasteiger partial charge in [-0.2, -0.15) is 0 Å². The van der Waals surface area contributed by atoms with E-state index in [1.54, 1.807) is 6.08 Å². The largest absolute Gasteiger partial charge is 0.357 e. The van der Waals surface area contributed by atoms with Crippen molar-refractivity contribution in [3.8, 4) is 0 Å². The van der Waals surface area contributed by atoms with E-state index in [0.717, 1.165) is 13.0 Å². The summed E-state index contributed by atoms with van der Waals surface area (Å²) in [5.41, 5.74) is 0. The molecule has 0 bridgehead atoms. The molecule has 0 fully saturated rings. The molecule has 0 saturated carbocycles. The smallest absolute Gasteiger partial charge is 0.222 e. The molecule has 0 aliphatic carbocycles. The zero-order chi connectivity index (χ0) is 13.8. The molecular weight excluding hydrogens is 228 g/mol. The topological polar surface area (TPSA) is 65.5 Å². The number of rotatable bonds is 8. The lowest BCUT2D eigenvalue weighted by molar-refractivity contribution is -0.121. The molecule has 0 aliphatic rings. The van der Waals surface area contributed by atoms with E-state index >= 15 is 0 Å². The van der Waals surface area contributed by atoms with Gasteiger partial charge < -0.3 is 16.0 Å². The van der Waals surface area contributed by atoms with Gasteiger partial charge in [0.25, 0.3) is 0 Å². The van der Waals surface area contributed by atoms with Crippen LogP contribution in [0.5, 0.6) is 0 Å². The van der Waals surface area contributed by atoms with E-state index in [1.807, 2.05) is 20.8 Å². The number of hydrogen-bond donors (Lipinski definition) is 3. The maximum atomic E-state index is 11.5. The van der Waals surface area contributed by atoms with Gasteiger partial charge in [0.2, 0.25) is 5.91 Å². The van der Waals surface area contributed by atoms with Crippen molar-refractivity contribution in [2.75, 3.05) is 19.6 Å². The second-order valence-electron chi connectivity index (χ2n) is 4.06. The van der Waals surface area contributed by atoms with E-state index in [2.05, 4.69) is 27.5 Å². The molecule has 0 spiro atoms. The number of nitrogens with zero attached hydrogens (tertiary/aromatic N) is 1. The molecule has 1 amide bonds. The molecule has 0 aromatic rings. The Kier molecular flexibility index (Phi) is 9.73. The lowest BCUT2D eigenvalue weighted by Crippen LogP contribution is -2.37. The van der Waals surface area contributed by atoms with Crippen LogP contribution in [0.15, 0.2) is 17.6 Å². The predicted molar refractivity (Wildman–Crippen MR) is 76.7 cm³/mol. The Balaban J connectivity index is 3.99. The van der Waals surface area contributed by atoms with Crippen LogP contribution in [-0.2, 0) is 4.79 Å². The van der Waals surface area contributed by atoms with Crippen LogP contribution in [0.3, 0.4) is 0 Å². The van der Waals surface area contributed by atoms with Crippen molar-refractivity contribution in [3.05, 3.63) is 12.7 Å².